The average molecular weight is 818 g/mol. The van der Waals surface area contributed by atoms with Crippen molar-refractivity contribution in [2.45, 2.75) is 151 Å². The third kappa shape index (κ3) is 9.49. The highest BCUT2D eigenvalue weighted by Gasteiger charge is 2.62. The first-order chi connectivity index (χ1) is 26.8. The maximum atomic E-state index is 14.8. The van der Waals surface area contributed by atoms with E-state index in [1.807, 2.05) is 6.08 Å². The van der Waals surface area contributed by atoms with Crippen molar-refractivity contribution in [2.24, 2.45) is 5.92 Å². The Kier molecular flexibility index (Phi) is 11.3. The minimum Gasteiger partial charge on any atom is -0.484 e. The number of nitrogens with one attached hydrogen (secondary N) is 3. The largest absolute Gasteiger partial charge is 0.484 e. The molecule has 7 rings (SSSR count). The highest BCUT2D eigenvalue weighted by atomic mass is 32.2. The van der Waals surface area contributed by atoms with E-state index in [4.69, 9.17) is 19.2 Å². The number of amides is 3. The lowest BCUT2D eigenvalue weighted by atomic mass is 9.87. The highest BCUT2D eigenvalue weighted by molar-refractivity contribution is 7.99. The van der Waals surface area contributed by atoms with Crippen LogP contribution in [0.5, 0.6) is 11.5 Å². The first kappa shape index (κ1) is 41.6. The predicted octanol–water partition coefficient (Wildman–Crippen LogP) is 5.91. The van der Waals surface area contributed by atoms with Crippen LogP contribution in [0.25, 0.3) is 10.9 Å². The molecule has 4 heterocycles. The molecule has 2 saturated carbocycles. The number of hydrogen-bond acceptors (Lipinski definition) is 10. The number of pyridine rings is 1. The van der Waals surface area contributed by atoms with E-state index in [1.165, 1.54) is 29.0 Å². The molecule has 3 unspecified atom stereocenters. The minimum atomic E-state index is -4.50. The normalized spacial score (nSPS) is 29.8. The molecule has 4 N–H and O–H groups in total. The van der Waals surface area contributed by atoms with E-state index < -0.39 is 59.8 Å². The van der Waals surface area contributed by atoms with Crippen molar-refractivity contribution in [3.63, 3.8) is 0 Å². The van der Waals surface area contributed by atoms with Crippen LogP contribution in [0.3, 0.4) is 0 Å². The number of rotatable bonds is 8. The van der Waals surface area contributed by atoms with E-state index in [-0.39, 0.29) is 35.3 Å². The molecule has 0 radical (unpaired) electrons. The number of halogens is 3. The SMILES string of the molecule is Cc1nc2ccc(OCC(F)(F)F)cc2c2c1O[C@]1(CC2)C[C@H]2C(=O)N[C@]3(C(=O)NSC4(C)CC4)CC3/C=C\CCCCCC(NC(O)OC(C)(C)C)C(=O)N2C1. The third-order valence-electron chi connectivity index (χ3n) is 11.7. The molecule has 3 amide bonds. The molecule has 1 aromatic carbocycles. The van der Waals surface area contributed by atoms with Crippen LogP contribution in [-0.4, -0.2) is 92.0 Å². The van der Waals surface area contributed by atoms with E-state index in [0.717, 1.165) is 37.7 Å². The maximum absolute atomic E-state index is 14.8. The van der Waals surface area contributed by atoms with Gasteiger partial charge >= 0.3 is 6.18 Å². The summed E-state index contributed by atoms with van der Waals surface area (Å²) < 4.78 is 59.6. The molecule has 0 bridgehead atoms. The first-order valence-corrected chi connectivity index (χ1v) is 20.8. The molecule has 12 nitrogen and oxygen atoms in total. The standard InChI is InChI=1S/C41H54F3N5O7S/c1-24-32-27(28-19-26(13-14-29(28)45-24)54-23-41(42,43)44)15-16-39(55-32)21-31-33(50)47-40(35(52)48-57-38(5)17-18-38)20-25(40)11-9-7-6-8-10-12-30(34(51)49(31)22-39)46-36(53)56-37(2,3)4/h9,11,13-14,19,25,30-31,36,46,53H,6-8,10,12,15-18,20-23H2,1-5H3,(H,47,50)(H,48,52)/b11-9-/t25?,30?,31-,36?,39+,40+/m0/s1. The number of ether oxygens (including phenoxy) is 3. The number of allylic oxidation sites excluding steroid dienone is 1. The van der Waals surface area contributed by atoms with Gasteiger partial charge in [-0.3, -0.25) is 24.4 Å². The monoisotopic (exact) mass is 817 g/mol. The Bertz CT molecular complexity index is 1920. The summed E-state index contributed by atoms with van der Waals surface area (Å²) in [6.45, 7) is 7.88. The number of aromatic nitrogens is 1. The Hall–Kier alpha value is -3.60. The predicted molar refractivity (Wildman–Crippen MR) is 208 cm³/mol. The van der Waals surface area contributed by atoms with Crippen LogP contribution in [0.4, 0.5) is 13.2 Å². The van der Waals surface area contributed by atoms with Crippen LogP contribution in [0.1, 0.15) is 103 Å². The molecular weight excluding hydrogens is 764 g/mol. The van der Waals surface area contributed by atoms with Crippen molar-refractivity contribution in [1.82, 2.24) is 25.2 Å². The van der Waals surface area contributed by atoms with E-state index in [1.54, 1.807) is 33.8 Å². The van der Waals surface area contributed by atoms with Gasteiger partial charge in [0, 0.05) is 28.0 Å². The summed E-state index contributed by atoms with van der Waals surface area (Å²) in [5.41, 5.74) is -1.01. The lowest BCUT2D eigenvalue weighted by molar-refractivity contribution is -0.188. The number of aryl methyl sites for hydroxylation is 2. The van der Waals surface area contributed by atoms with Gasteiger partial charge < -0.3 is 29.5 Å². The molecule has 3 fully saturated rings. The van der Waals surface area contributed by atoms with Crippen molar-refractivity contribution in [3.8, 4) is 11.5 Å². The highest BCUT2D eigenvalue weighted by Crippen LogP contribution is 2.50. The van der Waals surface area contributed by atoms with Crippen molar-refractivity contribution in [1.29, 1.82) is 0 Å². The Balaban J connectivity index is 1.21. The minimum absolute atomic E-state index is 0.0226. The van der Waals surface area contributed by atoms with Gasteiger partial charge in [0.05, 0.1) is 29.4 Å². The second kappa shape index (κ2) is 15.5. The van der Waals surface area contributed by atoms with Gasteiger partial charge in [-0.2, -0.15) is 13.2 Å². The molecule has 1 aromatic heterocycles. The van der Waals surface area contributed by atoms with Crippen LogP contribution in [0.15, 0.2) is 30.4 Å². The summed E-state index contributed by atoms with van der Waals surface area (Å²) in [6, 6.07) is 2.70. The van der Waals surface area contributed by atoms with Gasteiger partial charge in [0.2, 0.25) is 18.2 Å². The zero-order valence-corrected chi connectivity index (χ0v) is 34.0. The second-order valence-corrected chi connectivity index (χ2v) is 19.1. The number of fused-ring (bicyclic) bond motifs is 5. The van der Waals surface area contributed by atoms with Gasteiger partial charge in [0.1, 0.15) is 28.7 Å². The first-order valence-electron chi connectivity index (χ1n) is 20.0. The van der Waals surface area contributed by atoms with E-state index in [0.29, 0.717) is 54.5 Å². The molecule has 312 valence electrons. The summed E-state index contributed by atoms with van der Waals surface area (Å²) in [7, 11) is 0. The fourth-order valence-corrected chi connectivity index (χ4v) is 9.07. The van der Waals surface area contributed by atoms with Crippen LogP contribution in [0, 0.1) is 12.8 Å². The smallest absolute Gasteiger partial charge is 0.422 e. The molecule has 1 spiro atoms. The Morgan fingerprint density at radius 3 is 2.65 bits per heavy atom. The fourth-order valence-electron chi connectivity index (χ4n) is 8.24. The maximum Gasteiger partial charge on any atom is 0.422 e. The van der Waals surface area contributed by atoms with Crippen LogP contribution >= 0.6 is 11.9 Å². The molecule has 6 atom stereocenters. The average Bonchev–Trinajstić information content (AvgIpc) is 4.01. The molecular formula is C41H54F3N5O7S. The number of benzene rings is 1. The molecule has 2 aliphatic carbocycles. The van der Waals surface area contributed by atoms with Crippen molar-refractivity contribution in [3.05, 3.63) is 41.6 Å². The van der Waals surface area contributed by atoms with E-state index in [2.05, 4.69) is 28.4 Å². The molecule has 16 heteroatoms. The molecule has 3 aliphatic heterocycles. The third-order valence-corrected chi connectivity index (χ3v) is 12.9. The topological polar surface area (TPSA) is 151 Å². The number of hydrogen-bond donors (Lipinski definition) is 4. The van der Waals surface area contributed by atoms with Crippen LogP contribution in [0.2, 0.25) is 0 Å². The Labute approximate surface area is 335 Å². The number of alkyl halides is 3. The van der Waals surface area contributed by atoms with Gasteiger partial charge in [-0.05, 0) is 116 Å². The quantitative estimate of drug-likeness (QED) is 0.144. The van der Waals surface area contributed by atoms with Crippen LogP contribution < -0.4 is 24.8 Å². The van der Waals surface area contributed by atoms with Gasteiger partial charge in [-0.15, -0.1) is 0 Å². The fraction of sp³-hybridized carbons (Fsp3) is 0.659. The number of nitrogens with zero attached hydrogens (tertiary/aromatic N) is 2. The number of aliphatic hydroxyl groups excluding tert-OH is 1. The van der Waals surface area contributed by atoms with E-state index >= 15 is 0 Å². The van der Waals surface area contributed by atoms with Gasteiger partial charge in [-0.1, -0.05) is 25.0 Å². The van der Waals surface area contributed by atoms with Crippen molar-refractivity contribution < 1.29 is 46.9 Å². The summed E-state index contributed by atoms with van der Waals surface area (Å²) >= 11 is 1.39. The lowest BCUT2D eigenvalue weighted by Gasteiger charge is -2.37. The summed E-state index contributed by atoms with van der Waals surface area (Å²) in [6.07, 6.45) is 5.04. The summed E-state index contributed by atoms with van der Waals surface area (Å²) in [5, 5.41) is 17.6. The van der Waals surface area contributed by atoms with Gasteiger partial charge in [0.15, 0.2) is 6.61 Å². The summed E-state index contributed by atoms with van der Waals surface area (Å²) in [4.78, 5) is 49.6. The van der Waals surface area contributed by atoms with Gasteiger partial charge in [-0.25, -0.2) is 4.98 Å². The molecule has 57 heavy (non-hydrogen) atoms. The Morgan fingerprint density at radius 2 is 1.93 bits per heavy atom. The zero-order valence-electron chi connectivity index (χ0n) is 33.2. The molecule has 5 aliphatic rings. The lowest BCUT2D eigenvalue weighted by Crippen LogP contribution is -2.58. The van der Waals surface area contributed by atoms with Crippen molar-refractivity contribution >= 4 is 40.6 Å². The Morgan fingerprint density at radius 1 is 1.16 bits per heavy atom. The number of aliphatic hydroxyl groups is 1. The molecule has 2 aromatic rings. The van der Waals surface area contributed by atoms with Gasteiger partial charge in [0.25, 0.3) is 5.91 Å². The van der Waals surface area contributed by atoms with E-state index in [9.17, 15) is 32.7 Å². The van der Waals surface area contributed by atoms with Crippen LogP contribution in [-0.2, 0) is 25.5 Å². The zero-order chi connectivity index (χ0) is 41.0. The second-order valence-electron chi connectivity index (χ2n) is 17.7. The summed E-state index contributed by atoms with van der Waals surface area (Å²) in [5.74, 6) is -0.834. The number of carbonyl (C=O) groups excluding carboxylic acids is 3. The molecule has 1 saturated heterocycles. The number of carbonyl (C=O) groups is 3. The van der Waals surface area contributed by atoms with Crippen molar-refractivity contribution in [2.75, 3.05) is 13.2 Å².